The molecule has 0 aromatic carbocycles. The molecule has 6 nitrogen and oxygen atoms in total. The van der Waals surface area contributed by atoms with Gasteiger partial charge >= 0.3 is 5.97 Å². The van der Waals surface area contributed by atoms with E-state index in [-0.39, 0.29) is 17.6 Å². The summed E-state index contributed by atoms with van der Waals surface area (Å²) >= 11 is 0. The molecule has 1 aromatic rings. The lowest BCUT2D eigenvalue weighted by molar-refractivity contribution is -0.137. The fraction of sp³-hybridized carbons (Fsp3) is 0.600. The molecule has 0 spiro atoms. The van der Waals surface area contributed by atoms with Crippen molar-refractivity contribution in [3.63, 3.8) is 0 Å². The van der Waals surface area contributed by atoms with Crippen molar-refractivity contribution >= 4 is 5.97 Å². The molecule has 0 amide bonds. The predicted molar refractivity (Wildman–Crippen MR) is 80.6 cm³/mol. The topological polar surface area (TPSA) is 82.8 Å². The second kappa shape index (κ2) is 7.83. The first-order valence-corrected chi connectivity index (χ1v) is 7.27. The zero-order valence-corrected chi connectivity index (χ0v) is 12.9. The van der Waals surface area contributed by atoms with Crippen molar-refractivity contribution in [2.24, 2.45) is 0 Å². The SMILES string of the molecule is CCN(CC)Cc1c(O)c(=O)cc(C)n1CCCC(=O)O. The Morgan fingerprint density at radius 3 is 2.48 bits per heavy atom. The minimum absolute atomic E-state index is 0.0665. The average molecular weight is 296 g/mol. The molecule has 1 rings (SSSR count). The highest BCUT2D eigenvalue weighted by Gasteiger charge is 2.15. The van der Waals surface area contributed by atoms with Crippen LogP contribution in [0.1, 0.15) is 38.1 Å². The fourth-order valence-electron chi connectivity index (χ4n) is 2.34. The molecule has 0 saturated carbocycles. The Hall–Kier alpha value is -1.82. The van der Waals surface area contributed by atoms with E-state index in [1.807, 2.05) is 18.4 Å². The van der Waals surface area contributed by atoms with Crippen LogP contribution in [0.2, 0.25) is 0 Å². The number of aromatic nitrogens is 1. The van der Waals surface area contributed by atoms with E-state index < -0.39 is 5.97 Å². The summed E-state index contributed by atoms with van der Waals surface area (Å²) in [6.07, 6.45) is 0.529. The maximum Gasteiger partial charge on any atom is 0.303 e. The second-order valence-corrected chi connectivity index (χ2v) is 5.06. The van der Waals surface area contributed by atoms with Crippen molar-refractivity contribution in [2.75, 3.05) is 13.1 Å². The lowest BCUT2D eigenvalue weighted by Crippen LogP contribution is -2.27. The van der Waals surface area contributed by atoms with Gasteiger partial charge in [-0.15, -0.1) is 0 Å². The minimum Gasteiger partial charge on any atom is -0.503 e. The number of aliphatic carboxylic acids is 1. The molecule has 118 valence electrons. The van der Waals surface area contributed by atoms with Gasteiger partial charge in [-0.2, -0.15) is 0 Å². The lowest BCUT2D eigenvalue weighted by atomic mass is 10.2. The quantitative estimate of drug-likeness (QED) is 0.761. The molecule has 21 heavy (non-hydrogen) atoms. The van der Waals surface area contributed by atoms with Gasteiger partial charge in [-0.1, -0.05) is 13.8 Å². The van der Waals surface area contributed by atoms with E-state index in [2.05, 4.69) is 4.90 Å². The Balaban J connectivity index is 3.11. The molecule has 0 fully saturated rings. The highest BCUT2D eigenvalue weighted by atomic mass is 16.4. The number of aromatic hydroxyl groups is 1. The van der Waals surface area contributed by atoms with Crippen molar-refractivity contribution in [1.29, 1.82) is 0 Å². The first kappa shape index (κ1) is 17.2. The third-order valence-corrected chi connectivity index (χ3v) is 3.64. The molecule has 0 aliphatic heterocycles. The molecule has 0 bridgehead atoms. The van der Waals surface area contributed by atoms with Gasteiger partial charge in [0.1, 0.15) is 0 Å². The van der Waals surface area contributed by atoms with Gasteiger partial charge in [-0.05, 0) is 26.4 Å². The molecule has 0 saturated heterocycles. The molecule has 1 aromatic heterocycles. The van der Waals surface area contributed by atoms with Gasteiger partial charge < -0.3 is 14.8 Å². The summed E-state index contributed by atoms with van der Waals surface area (Å²) in [5.41, 5.74) is 0.920. The standard InChI is InChI=1S/C15H24N2O4/c1-4-16(5-2)10-12-15(21)13(18)9-11(3)17(12)8-6-7-14(19)20/h9,21H,4-8,10H2,1-3H3,(H,19,20). The van der Waals surface area contributed by atoms with E-state index in [0.717, 1.165) is 18.8 Å². The van der Waals surface area contributed by atoms with Gasteiger partial charge in [0.2, 0.25) is 5.43 Å². The van der Waals surface area contributed by atoms with E-state index in [1.54, 1.807) is 6.92 Å². The summed E-state index contributed by atoms with van der Waals surface area (Å²) in [6, 6.07) is 1.39. The molecule has 2 N–H and O–H groups in total. The van der Waals surface area contributed by atoms with Crippen molar-refractivity contribution in [1.82, 2.24) is 9.47 Å². The molecular weight excluding hydrogens is 272 g/mol. The number of aryl methyl sites for hydroxylation is 1. The van der Waals surface area contributed by atoms with Crippen LogP contribution < -0.4 is 5.43 Å². The van der Waals surface area contributed by atoms with Gasteiger partial charge in [-0.3, -0.25) is 14.5 Å². The van der Waals surface area contributed by atoms with E-state index in [9.17, 15) is 14.7 Å². The summed E-state index contributed by atoms with van der Waals surface area (Å²) in [5.74, 6) is -1.08. The van der Waals surface area contributed by atoms with Gasteiger partial charge in [0.25, 0.3) is 0 Å². The van der Waals surface area contributed by atoms with Crippen LogP contribution in [-0.2, 0) is 17.9 Å². The van der Waals surface area contributed by atoms with Gasteiger partial charge in [0, 0.05) is 31.3 Å². The number of carboxylic acid groups (broad SMARTS) is 1. The zero-order valence-electron chi connectivity index (χ0n) is 12.9. The summed E-state index contributed by atoms with van der Waals surface area (Å²) in [7, 11) is 0. The van der Waals surface area contributed by atoms with Gasteiger partial charge in [-0.25, -0.2) is 0 Å². The minimum atomic E-state index is -0.844. The van der Waals surface area contributed by atoms with Crippen molar-refractivity contribution in [2.45, 2.75) is 46.7 Å². The number of nitrogens with zero attached hydrogens (tertiary/aromatic N) is 2. The van der Waals surface area contributed by atoms with Crippen molar-refractivity contribution in [3.05, 3.63) is 27.7 Å². The maximum atomic E-state index is 11.8. The Labute approximate surface area is 124 Å². The van der Waals surface area contributed by atoms with Gasteiger partial charge in [0.05, 0.1) is 5.69 Å². The number of carboxylic acids is 1. The molecule has 6 heteroatoms. The van der Waals surface area contributed by atoms with Crippen LogP contribution in [-0.4, -0.2) is 38.7 Å². The third kappa shape index (κ3) is 4.60. The van der Waals surface area contributed by atoms with E-state index in [0.29, 0.717) is 25.2 Å². The monoisotopic (exact) mass is 296 g/mol. The molecule has 1 heterocycles. The normalized spacial score (nSPS) is 11.0. The van der Waals surface area contributed by atoms with E-state index in [4.69, 9.17) is 5.11 Å². The smallest absolute Gasteiger partial charge is 0.303 e. The summed E-state index contributed by atoms with van der Waals surface area (Å²) in [4.78, 5) is 24.5. The third-order valence-electron chi connectivity index (χ3n) is 3.64. The number of carbonyl (C=O) groups is 1. The van der Waals surface area contributed by atoms with Crippen LogP contribution in [0.4, 0.5) is 0 Å². The summed E-state index contributed by atoms with van der Waals surface area (Å²) in [5, 5.41) is 18.8. The van der Waals surface area contributed by atoms with Crippen molar-refractivity contribution < 1.29 is 15.0 Å². The number of rotatable bonds is 8. The number of hydrogen-bond donors (Lipinski definition) is 2. The first-order valence-electron chi connectivity index (χ1n) is 7.27. The molecule has 0 radical (unpaired) electrons. The van der Waals surface area contributed by atoms with E-state index in [1.165, 1.54) is 6.07 Å². The number of hydrogen-bond acceptors (Lipinski definition) is 4. The lowest BCUT2D eigenvalue weighted by Gasteiger charge is -2.23. The molecule has 0 unspecified atom stereocenters. The Kier molecular flexibility index (Phi) is 6.42. The average Bonchev–Trinajstić information content (AvgIpc) is 2.43. The fourth-order valence-corrected chi connectivity index (χ4v) is 2.34. The van der Waals surface area contributed by atoms with Crippen LogP contribution in [0.15, 0.2) is 10.9 Å². The molecule has 0 aliphatic carbocycles. The number of pyridine rings is 1. The van der Waals surface area contributed by atoms with Gasteiger partial charge in [0.15, 0.2) is 5.75 Å². The predicted octanol–water partition coefficient (Wildman–Crippen LogP) is 1.57. The van der Waals surface area contributed by atoms with Crippen LogP contribution in [0.25, 0.3) is 0 Å². The molecule has 0 atom stereocenters. The summed E-state index contributed by atoms with van der Waals surface area (Å²) in [6.45, 7) is 8.41. The molecule has 0 aliphatic rings. The van der Waals surface area contributed by atoms with E-state index >= 15 is 0 Å². The molecular formula is C15H24N2O4. The highest BCUT2D eigenvalue weighted by Crippen LogP contribution is 2.17. The van der Waals surface area contributed by atoms with Crippen LogP contribution in [0, 0.1) is 6.92 Å². The van der Waals surface area contributed by atoms with Crippen LogP contribution in [0.3, 0.4) is 0 Å². The Morgan fingerprint density at radius 2 is 1.95 bits per heavy atom. The zero-order chi connectivity index (χ0) is 16.0. The van der Waals surface area contributed by atoms with Crippen LogP contribution >= 0.6 is 0 Å². The summed E-state index contributed by atoms with van der Waals surface area (Å²) < 4.78 is 1.85. The highest BCUT2D eigenvalue weighted by molar-refractivity contribution is 5.66. The first-order chi connectivity index (χ1) is 9.90. The van der Waals surface area contributed by atoms with Crippen LogP contribution in [0.5, 0.6) is 5.75 Å². The maximum absolute atomic E-state index is 11.8. The van der Waals surface area contributed by atoms with Crippen molar-refractivity contribution in [3.8, 4) is 5.75 Å². The Bertz CT molecular complexity index is 547. The Morgan fingerprint density at radius 1 is 1.33 bits per heavy atom. The second-order valence-electron chi connectivity index (χ2n) is 5.06. The largest absolute Gasteiger partial charge is 0.503 e.